The molecule has 0 aliphatic rings. The smallest absolute Gasteiger partial charge is 0.140 e. The first kappa shape index (κ1) is 11.2. The minimum atomic E-state index is -0.647. The summed E-state index contributed by atoms with van der Waals surface area (Å²) >= 11 is 5.79. The number of nitrogens with zero attached hydrogens (tertiary/aromatic N) is 1. The lowest BCUT2D eigenvalue weighted by molar-refractivity contribution is 0.172. The third-order valence-corrected chi connectivity index (χ3v) is 2.08. The Kier molecular flexibility index (Phi) is 4.13. The second-order valence-electron chi connectivity index (χ2n) is 2.82. The number of aromatic nitrogens is 1. The van der Waals surface area contributed by atoms with Crippen LogP contribution in [0, 0.1) is 0 Å². The van der Waals surface area contributed by atoms with Crippen LogP contribution in [0.4, 0.5) is 0 Å². The van der Waals surface area contributed by atoms with Gasteiger partial charge in [-0.2, -0.15) is 0 Å². The Hall–Kier alpha value is -0.840. The van der Waals surface area contributed by atoms with Gasteiger partial charge in [0.2, 0.25) is 0 Å². The van der Waals surface area contributed by atoms with Crippen LogP contribution in [0.25, 0.3) is 0 Å². The number of pyridine rings is 1. The summed E-state index contributed by atoms with van der Waals surface area (Å²) in [5.74, 6) is 0.520. The van der Waals surface area contributed by atoms with Gasteiger partial charge in [-0.1, -0.05) is 11.6 Å². The SMILES string of the molecule is CNCC(O)c1cc(OC)c(Cl)cn1. The lowest BCUT2D eigenvalue weighted by Gasteiger charge is -2.10. The van der Waals surface area contributed by atoms with Crippen molar-refractivity contribution in [1.29, 1.82) is 0 Å². The van der Waals surface area contributed by atoms with Crippen molar-refractivity contribution < 1.29 is 9.84 Å². The predicted molar refractivity (Wildman–Crippen MR) is 54.7 cm³/mol. The molecular formula is C9H13ClN2O2. The monoisotopic (exact) mass is 216 g/mol. The molecule has 14 heavy (non-hydrogen) atoms. The van der Waals surface area contributed by atoms with Crippen molar-refractivity contribution >= 4 is 11.6 Å². The first-order chi connectivity index (χ1) is 6.69. The van der Waals surface area contributed by atoms with Gasteiger partial charge in [0.25, 0.3) is 0 Å². The number of aliphatic hydroxyl groups is 1. The Morgan fingerprint density at radius 2 is 2.43 bits per heavy atom. The van der Waals surface area contributed by atoms with Crippen LogP contribution in [0.1, 0.15) is 11.8 Å². The lowest BCUT2D eigenvalue weighted by Crippen LogP contribution is -2.17. The molecule has 1 atom stereocenters. The zero-order valence-corrected chi connectivity index (χ0v) is 8.88. The Morgan fingerprint density at radius 3 is 3.00 bits per heavy atom. The van der Waals surface area contributed by atoms with E-state index in [4.69, 9.17) is 16.3 Å². The van der Waals surface area contributed by atoms with Gasteiger partial charge in [-0.05, 0) is 7.05 Å². The number of hydrogen-bond donors (Lipinski definition) is 2. The second-order valence-corrected chi connectivity index (χ2v) is 3.22. The Morgan fingerprint density at radius 1 is 1.71 bits per heavy atom. The average molecular weight is 217 g/mol. The molecule has 0 aliphatic heterocycles. The van der Waals surface area contributed by atoms with Crippen molar-refractivity contribution in [2.24, 2.45) is 0 Å². The van der Waals surface area contributed by atoms with Gasteiger partial charge in [-0.3, -0.25) is 4.98 Å². The van der Waals surface area contributed by atoms with Gasteiger partial charge < -0.3 is 15.2 Å². The van der Waals surface area contributed by atoms with E-state index in [-0.39, 0.29) is 0 Å². The molecular weight excluding hydrogens is 204 g/mol. The third-order valence-electron chi connectivity index (χ3n) is 1.80. The molecule has 0 saturated carbocycles. The van der Waals surface area contributed by atoms with Crippen molar-refractivity contribution in [3.8, 4) is 5.75 Å². The molecule has 0 spiro atoms. The molecule has 4 nitrogen and oxygen atoms in total. The summed E-state index contributed by atoms with van der Waals surface area (Å²) in [6.45, 7) is 0.442. The van der Waals surface area contributed by atoms with E-state index in [0.717, 1.165) is 0 Å². The maximum absolute atomic E-state index is 9.61. The van der Waals surface area contributed by atoms with Crippen LogP contribution >= 0.6 is 11.6 Å². The summed E-state index contributed by atoms with van der Waals surface area (Å²) in [5, 5.41) is 12.9. The quantitative estimate of drug-likeness (QED) is 0.789. The van der Waals surface area contributed by atoms with Gasteiger partial charge in [0.05, 0.1) is 12.8 Å². The van der Waals surface area contributed by atoms with Crippen molar-refractivity contribution in [2.45, 2.75) is 6.10 Å². The van der Waals surface area contributed by atoms with E-state index in [1.165, 1.54) is 13.3 Å². The molecule has 1 rings (SSSR count). The van der Waals surface area contributed by atoms with E-state index < -0.39 is 6.10 Å². The fourth-order valence-electron chi connectivity index (χ4n) is 1.07. The molecule has 2 N–H and O–H groups in total. The van der Waals surface area contributed by atoms with Crippen molar-refractivity contribution in [3.05, 3.63) is 23.0 Å². The molecule has 0 saturated heterocycles. The first-order valence-electron chi connectivity index (χ1n) is 4.21. The Labute approximate surface area is 87.9 Å². The van der Waals surface area contributed by atoms with Crippen molar-refractivity contribution in [1.82, 2.24) is 10.3 Å². The molecule has 0 aromatic carbocycles. The molecule has 0 aliphatic carbocycles. The standard InChI is InChI=1S/C9H13ClN2O2/c1-11-5-8(13)7-3-9(14-2)6(10)4-12-7/h3-4,8,11,13H,5H2,1-2H3. The number of halogens is 1. The molecule has 1 unspecified atom stereocenters. The van der Waals surface area contributed by atoms with Gasteiger partial charge in [0.1, 0.15) is 16.9 Å². The molecule has 0 bridgehead atoms. The average Bonchev–Trinajstić information content (AvgIpc) is 2.19. The number of hydrogen-bond acceptors (Lipinski definition) is 4. The van der Waals surface area contributed by atoms with E-state index in [0.29, 0.717) is 23.0 Å². The zero-order valence-electron chi connectivity index (χ0n) is 8.12. The van der Waals surface area contributed by atoms with E-state index in [2.05, 4.69) is 10.3 Å². The summed E-state index contributed by atoms with van der Waals surface area (Å²) in [4.78, 5) is 4.00. The Bertz CT molecular complexity index is 307. The van der Waals surface area contributed by atoms with Crippen molar-refractivity contribution in [3.63, 3.8) is 0 Å². The van der Waals surface area contributed by atoms with E-state index >= 15 is 0 Å². The molecule has 0 fully saturated rings. The number of ether oxygens (including phenoxy) is 1. The molecule has 0 radical (unpaired) electrons. The van der Waals surface area contributed by atoms with Crippen LogP contribution in [0.5, 0.6) is 5.75 Å². The van der Waals surface area contributed by atoms with Gasteiger partial charge in [-0.25, -0.2) is 0 Å². The summed E-state index contributed by atoms with van der Waals surface area (Å²) < 4.78 is 5.01. The maximum atomic E-state index is 9.61. The summed E-state index contributed by atoms with van der Waals surface area (Å²) in [7, 11) is 3.28. The number of likely N-dealkylation sites (N-methyl/N-ethyl adjacent to an activating group) is 1. The largest absolute Gasteiger partial charge is 0.495 e. The highest BCUT2D eigenvalue weighted by atomic mass is 35.5. The summed E-state index contributed by atoms with van der Waals surface area (Å²) in [6, 6.07) is 1.63. The third kappa shape index (κ3) is 2.57. The van der Waals surface area contributed by atoms with Crippen LogP contribution < -0.4 is 10.1 Å². The number of rotatable bonds is 4. The van der Waals surface area contributed by atoms with Crippen molar-refractivity contribution in [2.75, 3.05) is 20.7 Å². The van der Waals surface area contributed by atoms with Crippen LogP contribution in [-0.2, 0) is 0 Å². The molecule has 1 aromatic heterocycles. The van der Waals surface area contributed by atoms with Gasteiger partial charge in [-0.15, -0.1) is 0 Å². The highest BCUT2D eigenvalue weighted by Gasteiger charge is 2.10. The molecule has 1 aromatic rings. The van der Waals surface area contributed by atoms with Crippen LogP contribution in [0.15, 0.2) is 12.3 Å². The van der Waals surface area contributed by atoms with E-state index in [1.807, 2.05) is 0 Å². The number of methoxy groups -OCH3 is 1. The minimum absolute atomic E-state index is 0.438. The predicted octanol–water partition coefficient (Wildman–Crippen LogP) is 0.996. The van der Waals surface area contributed by atoms with E-state index in [1.54, 1.807) is 13.1 Å². The summed E-state index contributed by atoms with van der Waals surface area (Å²) in [5.41, 5.74) is 0.542. The second kappa shape index (κ2) is 5.14. The van der Waals surface area contributed by atoms with Gasteiger partial charge in [0.15, 0.2) is 0 Å². The number of aliphatic hydroxyl groups excluding tert-OH is 1. The summed E-state index contributed by atoms with van der Waals surface area (Å²) in [6.07, 6.45) is 0.820. The normalized spacial score (nSPS) is 12.6. The van der Waals surface area contributed by atoms with Crippen LogP contribution in [-0.4, -0.2) is 30.8 Å². The van der Waals surface area contributed by atoms with Gasteiger partial charge >= 0.3 is 0 Å². The lowest BCUT2D eigenvalue weighted by atomic mass is 10.2. The Balaban J connectivity index is 2.88. The molecule has 0 amide bonds. The van der Waals surface area contributed by atoms with Crippen LogP contribution in [0.3, 0.4) is 0 Å². The fourth-order valence-corrected chi connectivity index (χ4v) is 1.25. The molecule has 1 heterocycles. The first-order valence-corrected chi connectivity index (χ1v) is 4.59. The minimum Gasteiger partial charge on any atom is -0.495 e. The zero-order chi connectivity index (χ0) is 10.6. The molecule has 5 heteroatoms. The fraction of sp³-hybridized carbons (Fsp3) is 0.444. The van der Waals surface area contributed by atoms with Gasteiger partial charge in [0, 0.05) is 18.8 Å². The molecule has 78 valence electrons. The highest BCUT2D eigenvalue weighted by Crippen LogP contribution is 2.25. The maximum Gasteiger partial charge on any atom is 0.140 e. The highest BCUT2D eigenvalue weighted by molar-refractivity contribution is 6.31. The topological polar surface area (TPSA) is 54.4 Å². The van der Waals surface area contributed by atoms with E-state index in [9.17, 15) is 5.11 Å². The van der Waals surface area contributed by atoms with Crippen LogP contribution in [0.2, 0.25) is 5.02 Å². The number of nitrogens with one attached hydrogen (secondary N) is 1.